The zero-order chi connectivity index (χ0) is 13.1. The molecule has 0 saturated carbocycles. The number of aromatic nitrogens is 3. The fraction of sp³-hybridized carbons (Fsp3) is 0.538. The summed E-state index contributed by atoms with van der Waals surface area (Å²) in [7, 11) is 0. The first-order valence-electron chi connectivity index (χ1n) is 6.10. The van der Waals surface area contributed by atoms with Gasteiger partial charge in [-0.2, -0.15) is 11.8 Å². The fourth-order valence-electron chi connectivity index (χ4n) is 2.13. The first kappa shape index (κ1) is 13.7. The van der Waals surface area contributed by atoms with Crippen molar-refractivity contribution in [2.45, 2.75) is 31.7 Å². The van der Waals surface area contributed by atoms with Crippen molar-refractivity contribution >= 4 is 34.4 Å². The molecule has 0 aromatic carbocycles. The van der Waals surface area contributed by atoms with Gasteiger partial charge in [-0.1, -0.05) is 0 Å². The lowest BCUT2D eigenvalue weighted by Crippen LogP contribution is -2.10. The van der Waals surface area contributed by atoms with Crippen molar-refractivity contribution < 1.29 is 0 Å². The molecule has 0 amide bonds. The van der Waals surface area contributed by atoms with Crippen LogP contribution in [0.5, 0.6) is 0 Å². The topological polar surface area (TPSA) is 30.7 Å². The lowest BCUT2D eigenvalue weighted by molar-refractivity contribution is 0.526. The molecule has 0 aliphatic rings. The van der Waals surface area contributed by atoms with E-state index in [9.17, 15) is 0 Å². The number of imidazole rings is 1. The van der Waals surface area contributed by atoms with E-state index in [0.717, 1.165) is 29.0 Å². The van der Waals surface area contributed by atoms with Crippen LogP contribution in [0.15, 0.2) is 18.5 Å². The van der Waals surface area contributed by atoms with Crippen molar-refractivity contribution in [3.63, 3.8) is 0 Å². The summed E-state index contributed by atoms with van der Waals surface area (Å²) < 4.78 is 2.25. The van der Waals surface area contributed by atoms with E-state index in [2.05, 4.69) is 27.7 Å². The molecule has 0 N–H and O–H groups in total. The summed E-state index contributed by atoms with van der Waals surface area (Å²) in [5.74, 6) is 2.08. The molecule has 0 spiro atoms. The van der Waals surface area contributed by atoms with Gasteiger partial charge < -0.3 is 4.57 Å². The van der Waals surface area contributed by atoms with E-state index in [-0.39, 0.29) is 5.38 Å². The van der Waals surface area contributed by atoms with Crippen LogP contribution in [-0.2, 0) is 0 Å². The highest BCUT2D eigenvalue weighted by molar-refractivity contribution is 7.98. The van der Waals surface area contributed by atoms with Crippen molar-refractivity contribution in [1.29, 1.82) is 0 Å². The number of pyridine rings is 1. The third-order valence-electron chi connectivity index (χ3n) is 3.06. The Kier molecular flexibility index (Phi) is 4.51. The molecular weight excluding hydrogens is 266 g/mol. The summed E-state index contributed by atoms with van der Waals surface area (Å²) in [4.78, 5) is 8.73. The van der Waals surface area contributed by atoms with Crippen LogP contribution in [0.4, 0.5) is 0 Å². The zero-order valence-electron chi connectivity index (χ0n) is 10.9. The second-order valence-electron chi connectivity index (χ2n) is 4.45. The number of halogens is 1. The van der Waals surface area contributed by atoms with Crippen LogP contribution >= 0.6 is 23.4 Å². The highest BCUT2D eigenvalue weighted by Gasteiger charge is 2.18. The normalized spacial score (nSPS) is 14.9. The van der Waals surface area contributed by atoms with Crippen LogP contribution in [0.2, 0.25) is 0 Å². The van der Waals surface area contributed by atoms with Gasteiger partial charge in [0, 0.05) is 12.2 Å². The first-order valence-corrected chi connectivity index (χ1v) is 7.93. The minimum Gasteiger partial charge on any atom is -0.324 e. The summed E-state index contributed by atoms with van der Waals surface area (Å²) in [5.41, 5.74) is 2.05. The Labute approximate surface area is 117 Å². The number of hydrogen-bond acceptors (Lipinski definition) is 3. The van der Waals surface area contributed by atoms with Crippen LogP contribution in [0, 0.1) is 0 Å². The van der Waals surface area contributed by atoms with Gasteiger partial charge >= 0.3 is 0 Å². The average Bonchev–Trinajstić information content (AvgIpc) is 2.75. The van der Waals surface area contributed by atoms with Gasteiger partial charge in [0.1, 0.15) is 11.3 Å². The SMILES string of the molecule is CSCCC(C)n1c(C(C)Cl)nc2cnccc21. The lowest BCUT2D eigenvalue weighted by Gasteiger charge is -2.18. The van der Waals surface area contributed by atoms with Crippen LogP contribution < -0.4 is 0 Å². The molecule has 2 heterocycles. The Morgan fingerprint density at radius 1 is 1.44 bits per heavy atom. The Morgan fingerprint density at radius 3 is 2.89 bits per heavy atom. The highest BCUT2D eigenvalue weighted by atomic mass is 35.5. The zero-order valence-corrected chi connectivity index (χ0v) is 12.5. The van der Waals surface area contributed by atoms with Gasteiger partial charge in [-0.05, 0) is 38.3 Å². The standard InChI is InChI=1S/C13H18ClN3S/c1-9(5-7-18-3)17-12-4-6-15-8-11(12)16-13(17)10(2)14/h4,6,8-10H,5,7H2,1-3H3. The molecule has 0 radical (unpaired) electrons. The maximum Gasteiger partial charge on any atom is 0.128 e. The molecule has 0 aliphatic heterocycles. The summed E-state index contributed by atoms with van der Waals surface area (Å²) in [6, 6.07) is 2.42. The summed E-state index contributed by atoms with van der Waals surface area (Å²) >= 11 is 8.12. The number of fused-ring (bicyclic) bond motifs is 1. The monoisotopic (exact) mass is 283 g/mol. The molecule has 2 aromatic rings. The van der Waals surface area contributed by atoms with Crippen molar-refractivity contribution in [3.8, 4) is 0 Å². The maximum atomic E-state index is 6.25. The van der Waals surface area contributed by atoms with Gasteiger partial charge in [-0.15, -0.1) is 11.6 Å². The summed E-state index contributed by atoms with van der Waals surface area (Å²) in [5, 5.41) is -0.0888. The molecule has 5 heteroatoms. The highest BCUT2D eigenvalue weighted by Crippen LogP contribution is 2.29. The first-order chi connectivity index (χ1) is 8.65. The number of rotatable bonds is 5. The van der Waals surface area contributed by atoms with Gasteiger partial charge in [-0.25, -0.2) is 4.98 Å². The molecule has 0 saturated heterocycles. The molecule has 2 unspecified atom stereocenters. The second kappa shape index (κ2) is 5.93. The largest absolute Gasteiger partial charge is 0.324 e. The number of hydrogen-bond donors (Lipinski definition) is 0. The van der Waals surface area contributed by atoms with Crippen LogP contribution in [0.25, 0.3) is 11.0 Å². The van der Waals surface area contributed by atoms with Gasteiger partial charge in [0.2, 0.25) is 0 Å². The van der Waals surface area contributed by atoms with Crippen molar-refractivity contribution in [2.24, 2.45) is 0 Å². The summed E-state index contributed by atoms with van der Waals surface area (Å²) in [6.45, 7) is 4.19. The molecule has 0 fully saturated rings. The third kappa shape index (κ3) is 2.64. The van der Waals surface area contributed by atoms with Crippen molar-refractivity contribution in [2.75, 3.05) is 12.0 Å². The number of alkyl halides is 1. The van der Waals surface area contributed by atoms with Crippen LogP contribution in [0.3, 0.4) is 0 Å². The van der Waals surface area contributed by atoms with Crippen LogP contribution in [-0.4, -0.2) is 26.5 Å². The van der Waals surface area contributed by atoms with Crippen molar-refractivity contribution in [3.05, 3.63) is 24.3 Å². The Bertz CT molecular complexity index is 524. The Hall–Kier alpha value is -0.740. The molecule has 0 bridgehead atoms. The lowest BCUT2D eigenvalue weighted by atomic mass is 10.2. The molecule has 2 rings (SSSR count). The Morgan fingerprint density at radius 2 is 2.22 bits per heavy atom. The molecular formula is C13H18ClN3S. The van der Waals surface area contributed by atoms with E-state index < -0.39 is 0 Å². The number of nitrogens with zero attached hydrogens (tertiary/aromatic N) is 3. The number of thioether (sulfide) groups is 1. The predicted octanol–water partition coefficient (Wildman–Crippen LogP) is 4.05. The quantitative estimate of drug-likeness (QED) is 0.776. The van der Waals surface area contributed by atoms with E-state index in [1.807, 2.05) is 30.9 Å². The summed E-state index contributed by atoms with van der Waals surface area (Å²) in [6.07, 6.45) is 6.86. The average molecular weight is 284 g/mol. The molecule has 2 aromatic heterocycles. The maximum absolute atomic E-state index is 6.25. The molecule has 3 nitrogen and oxygen atoms in total. The molecule has 0 aliphatic carbocycles. The van der Waals surface area contributed by atoms with Gasteiger partial charge in [-0.3, -0.25) is 4.98 Å². The fourth-order valence-corrected chi connectivity index (χ4v) is 2.86. The van der Waals surface area contributed by atoms with E-state index in [1.165, 1.54) is 0 Å². The smallest absolute Gasteiger partial charge is 0.128 e. The minimum absolute atomic E-state index is 0.0888. The predicted molar refractivity (Wildman–Crippen MR) is 79.5 cm³/mol. The third-order valence-corrected chi connectivity index (χ3v) is 3.89. The van der Waals surface area contributed by atoms with Gasteiger partial charge in [0.25, 0.3) is 0 Å². The second-order valence-corrected chi connectivity index (χ2v) is 6.09. The molecule has 18 heavy (non-hydrogen) atoms. The molecule has 98 valence electrons. The minimum atomic E-state index is -0.0888. The van der Waals surface area contributed by atoms with Crippen molar-refractivity contribution in [1.82, 2.24) is 14.5 Å². The van der Waals surface area contributed by atoms with Gasteiger partial charge in [0.05, 0.1) is 17.1 Å². The van der Waals surface area contributed by atoms with E-state index >= 15 is 0 Å². The van der Waals surface area contributed by atoms with Gasteiger partial charge in [0.15, 0.2) is 0 Å². The van der Waals surface area contributed by atoms with E-state index in [0.29, 0.717) is 6.04 Å². The molecule has 2 atom stereocenters. The van der Waals surface area contributed by atoms with Crippen LogP contribution in [0.1, 0.15) is 37.5 Å². The van der Waals surface area contributed by atoms with E-state index in [1.54, 1.807) is 6.20 Å². The van der Waals surface area contributed by atoms with E-state index in [4.69, 9.17) is 11.6 Å². The Balaban J connectivity index is 2.47.